The Labute approximate surface area is 292 Å². The van der Waals surface area contributed by atoms with E-state index >= 15 is 0 Å². The fourth-order valence-electron chi connectivity index (χ4n) is 7.87. The molecule has 1 aliphatic carbocycles. The van der Waals surface area contributed by atoms with Crippen molar-refractivity contribution in [1.29, 1.82) is 0 Å². The maximum Gasteiger partial charge on any atom is 0.136 e. The van der Waals surface area contributed by atoms with Crippen LogP contribution < -0.4 is 11.1 Å². The second kappa shape index (κ2) is 12.0. The Bertz CT molecular complexity index is 2580. The SMILES string of the molecule is CC1(C)c2cc3ccccc3cc2-c2c(/C=C/C(NC(N)c3ccccc3)c3cccc(-c4ccc5c(c4)oc4ccccc45)c3)cccc21. The molecule has 7 aromatic carbocycles. The first kappa shape index (κ1) is 30.3. The lowest BCUT2D eigenvalue weighted by Gasteiger charge is -2.23. The number of hydrogen-bond donors (Lipinski definition) is 2. The number of fused-ring (bicyclic) bond motifs is 7. The quantitative estimate of drug-likeness (QED) is 0.169. The molecule has 1 heterocycles. The molecular formula is C47H38N2O. The van der Waals surface area contributed by atoms with Gasteiger partial charge in [0.05, 0.1) is 12.2 Å². The molecule has 50 heavy (non-hydrogen) atoms. The highest BCUT2D eigenvalue weighted by Crippen LogP contribution is 2.51. The van der Waals surface area contributed by atoms with E-state index in [0.29, 0.717) is 0 Å². The van der Waals surface area contributed by atoms with Crippen molar-refractivity contribution >= 4 is 38.8 Å². The summed E-state index contributed by atoms with van der Waals surface area (Å²) >= 11 is 0. The molecule has 1 aromatic heterocycles. The third-order valence-corrected chi connectivity index (χ3v) is 10.5. The molecule has 0 bridgehead atoms. The van der Waals surface area contributed by atoms with Gasteiger partial charge in [0.2, 0.25) is 0 Å². The molecule has 0 saturated heterocycles. The lowest BCUT2D eigenvalue weighted by atomic mass is 9.81. The van der Waals surface area contributed by atoms with Gasteiger partial charge in [0.15, 0.2) is 0 Å². The van der Waals surface area contributed by atoms with E-state index in [1.54, 1.807) is 0 Å². The van der Waals surface area contributed by atoms with Gasteiger partial charge < -0.3 is 10.2 Å². The van der Waals surface area contributed by atoms with Crippen molar-refractivity contribution in [3.05, 3.63) is 186 Å². The van der Waals surface area contributed by atoms with Crippen molar-refractivity contribution in [2.24, 2.45) is 5.73 Å². The Morgan fingerprint density at radius 2 is 1.30 bits per heavy atom. The molecule has 0 aliphatic heterocycles. The fourth-order valence-corrected chi connectivity index (χ4v) is 7.87. The largest absolute Gasteiger partial charge is 0.456 e. The summed E-state index contributed by atoms with van der Waals surface area (Å²) in [7, 11) is 0. The number of nitrogens with one attached hydrogen (secondary N) is 1. The molecule has 0 fully saturated rings. The summed E-state index contributed by atoms with van der Waals surface area (Å²) in [5.41, 5.74) is 19.5. The molecular weight excluding hydrogens is 609 g/mol. The van der Waals surface area contributed by atoms with Crippen molar-refractivity contribution in [3.8, 4) is 22.3 Å². The molecule has 242 valence electrons. The van der Waals surface area contributed by atoms with Crippen LogP contribution in [0, 0.1) is 0 Å². The van der Waals surface area contributed by atoms with Crippen LogP contribution in [0.4, 0.5) is 0 Å². The van der Waals surface area contributed by atoms with E-state index in [1.807, 2.05) is 30.3 Å². The summed E-state index contributed by atoms with van der Waals surface area (Å²) < 4.78 is 6.24. The minimum Gasteiger partial charge on any atom is -0.456 e. The number of nitrogens with two attached hydrogens (primary N) is 1. The van der Waals surface area contributed by atoms with Crippen molar-refractivity contribution < 1.29 is 4.42 Å². The Balaban J connectivity index is 1.13. The van der Waals surface area contributed by atoms with Gasteiger partial charge in [-0.25, -0.2) is 0 Å². The second-order valence-corrected chi connectivity index (χ2v) is 14.0. The molecule has 3 heteroatoms. The normalized spacial score (nSPS) is 14.7. The first-order chi connectivity index (χ1) is 24.4. The second-order valence-electron chi connectivity index (χ2n) is 14.0. The van der Waals surface area contributed by atoms with Gasteiger partial charge in [0, 0.05) is 16.2 Å². The number of hydrogen-bond acceptors (Lipinski definition) is 3. The van der Waals surface area contributed by atoms with E-state index in [4.69, 9.17) is 10.2 Å². The van der Waals surface area contributed by atoms with Crippen molar-refractivity contribution in [3.63, 3.8) is 0 Å². The van der Waals surface area contributed by atoms with E-state index in [0.717, 1.165) is 44.2 Å². The maximum atomic E-state index is 6.83. The molecule has 3 N–H and O–H groups in total. The molecule has 2 unspecified atom stereocenters. The van der Waals surface area contributed by atoms with Crippen LogP contribution in [0.1, 0.15) is 53.9 Å². The summed E-state index contributed by atoms with van der Waals surface area (Å²) in [5, 5.41) is 8.56. The average molecular weight is 647 g/mol. The third-order valence-electron chi connectivity index (χ3n) is 10.5. The highest BCUT2D eigenvalue weighted by atomic mass is 16.3. The van der Waals surface area contributed by atoms with E-state index < -0.39 is 0 Å². The van der Waals surface area contributed by atoms with E-state index in [-0.39, 0.29) is 17.6 Å². The molecule has 0 saturated carbocycles. The summed E-state index contributed by atoms with van der Waals surface area (Å²) in [6.45, 7) is 4.69. The minimum absolute atomic E-state index is 0.0961. The van der Waals surface area contributed by atoms with Crippen molar-refractivity contribution in [2.75, 3.05) is 0 Å². The maximum absolute atomic E-state index is 6.83. The number of rotatable bonds is 7. The molecule has 3 nitrogen and oxygen atoms in total. The average Bonchev–Trinajstić information content (AvgIpc) is 3.64. The fraction of sp³-hybridized carbons (Fsp3) is 0.106. The van der Waals surface area contributed by atoms with Gasteiger partial charge in [-0.3, -0.25) is 5.32 Å². The summed E-state index contributed by atoms with van der Waals surface area (Å²) in [6, 6.07) is 53.7. The Hall–Kier alpha value is -5.74. The molecule has 1 aliphatic rings. The van der Waals surface area contributed by atoms with Gasteiger partial charge in [-0.2, -0.15) is 0 Å². The van der Waals surface area contributed by atoms with Crippen LogP contribution in [0.25, 0.3) is 61.0 Å². The standard InChI is InChI=1S/C47H38N2O/c1-47(2)40-20-11-16-30(45(40)39-27-33-14-6-7-15-34(33)28-41(39)47)23-25-42(49-46(48)31-12-4-3-5-13-31)36-18-10-17-32(26-36)35-22-24-38-37-19-8-9-21-43(37)50-44(38)29-35/h3-29,42,46,49H,48H2,1-2H3/b25-23+. The van der Waals surface area contributed by atoms with Gasteiger partial charge in [-0.1, -0.05) is 141 Å². The number of furan rings is 1. The topological polar surface area (TPSA) is 51.2 Å². The van der Waals surface area contributed by atoms with Crippen LogP contribution in [-0.4, -0.2) is 0 Å². The van der Waals surface area contributed by atoms with Crippen LogP contribution >= 0.6 is 0 Å². The first-order valence-electron chi connectivity index (χ1n) is 17.4. The zero-order valence-corrected chi connectivity index (χ0v) is 28.2. The lowest BCUT2D eigenvalue weighted by molar-refractivity contribution is 0.509. The van der Waals surface area contributed by atoms with Crippen LogP contribution in [-0.2, 0) is 5.41 Å². The zero-order valence-electron chi connectivity index (χ0n) is 28.2. The molecule has 8 aromatic rings. The highest BCUT2D eigenvalue weighted by molar-refractivity contribution is 6.06. The molecule has 9 rings (SSSR count). The molecule has 0 radical (unpaired) electrons. The minimum atomic E-state index is -0.353. The summed E-state index contributed by atoms with van der Waals surface area (Å²) in [6.07, 6.45) is 4.20. The monoisotopic (exact) mass is 646 g/mol. The third kappa shape index (κ3) is 5.14. The van der Waals surface area contributed by atoms with Gasteiger partial charge in [-0.15, -0.1) is 0 Å². The van der Waals surface area contributed by atoms with Gasteiger partial charge in [0.1, 0.15) is 11.2 Å². The van der Waals surface area contributed by atoms with Gasteiger partial charge >= 0.3 is 0 Å². The van der Waals surface area contributed by atoms with Crippen LogP contribution in [0.15, 0.2) is 162 Å². The van der Waals surface area contributed by atoms with Crippen LogP contribution in [0.3, 0.4) is 0 Å². The predicted octanol–water partition coefficient (Wildman–Crippen LogP) is 11.7. The number of para-hydroxylation sites is 1. The van der Waals surface area contributed by atoms with Crippen molar-refractivity contribution in [2.45, 2.75) is 31.5 Å². The van der Waals surface area contributed by atoms with Crippen molar-refractivity contribution in [1.82, 2.24) is 5.32 Å². The summed E-state index contributed by atoms with van der Waals surface area (Å²) in [4.78, 5) is 0. The molecule has 0 spiro atoms. The van der Waals surface area contributed by atoms with Gasteiger partial charge in [-0.05, 0) is 97.2 Å². The zero-order chi connectivity index (χ0) is 33.8. The van der Waals surface area contributed by atoms with E-state index in [2.05, 4.69) is 153 Å². The highest BCUT2D eigenvalue weighted by Gasteiger charge is 2.36. The summed E-state index contributed by atoms with van der Waals surface area (Å²) in [5.74, 6) is 0. The Morgan fingerprint density at radius 3 is 2.16 bits per heavy atom. The molecule has 0 amide bonds. The Kier molecular flexibility index (Phi) is 7.27. The van der Waals surface area contributed by atoms with Crippen LogP contribution in [0.2, 0.25) is 0 Å². The lowest BCUT2D eigenvalue weighted by Crippen LogP contribution is -2.31. The first-order valence-corrected chi connectivity index (χ1v) is 17.4. The number of benzene rings is 7. The Morgan fingerprint density at radius 1 is 0.600 bits per heavy atom. The van der Waals surface area contributed by atoms with Gasteiger partial charge in [0.25, 0.3) is 0 Å². The smallest absolute Gasteiger partial charge is 0.136 e. The van der Waals surface area contributed by atoms with E-state index in [1.165, 1.54) is 38.6 Å². The van der Waals surface area contributed by atoms with E-state index in [9.17, 15) is 0 Å². The molecule has 2 atom stereocenters. The predicted molar refractivity (Wildman–Crippen MR) is 209 cm³/mol. The van der Waals surface area contributed by atoms with Crippen LogP contribution in [0.5, 0.6) is 0 Å².